The van der Waals surface area contributed by atoms with Crippen molar-refractivity contribution in [3.8, 4) is 5.75 Å². The van der Waals surface area contributed by atoms with E-state index in [0.717, 1.165) is 19.2 Å². The second kappa shape index (κ2) is 5.57. The molecule has 10 heteroatoms. The molecule has 0 aliphatic rings. The summed E-state index contributed by atoms with van der Waals surface area (Å²) in [6, 6.07) is 3.22. The van der Waals surface area contributed by atoms with Crippen molar-refractivity contribution in [2.24, 2.45) is 0 Å². The van der Waals surface area contributed by atoms with Crippen molar-refractivity contribution in [3.63, 3.8) is 0 Å². The van der Waals surface area contributed by atoms with Gasteiger partial charge >= 0.3 is 21.5 Å². The summed E-state index contributed by atoms with van der Waals surface area (Å²) in [4.78, 5) is 11.4. The van der Waals surface area contributed by atoms with Gasteiger partial charge in [-0.15, -0.1) is 0 Å². The van der Waals surface area contributed by atoms with Gasteiger partial charge in [-0.2, -0.15) is 21.6 Å². The van der Waals surface area contributed by atoms with Crippen LogP contribution in [0.25, 0.3) is 0 Å². The Morgan fingerprint density at radius 1 is 1.25 bits per heavy atom. The van der Waals surface area contributed by atoms with E-state index in [4.69, 9.17) is 4.74 Å². The standard InChI is InChI=1S/C10H10F3NO5S/c1-18-6-3-4-8(7(5-6)9(15)19-2)14-20(16,17)10(11,12)13/h3-5,14H,1-2H3. The van der Waals surface area contributed by atoms with E-state index in [1.54, 1.807) is 0 Å². The quantitative estimate of drug-likeness (QED) is 0.856. The Balaban J connectivity index is 3.29. The molecule has 0 bridgehead atoms. The number of methoxy groups -OCH3 is 2. The fourth-order valence-electron chi connectivity index (χ4n) is 1.22. The smallest absolute Gasteiger partial charge is 0.497 e. The van der Waals surface area contributed by atoms with Gasteiger partial charge in [-0.05, 0) is 18.2 Å². The number of alkyl halides is 3. The maximum atomic E-state index is 12.3. The van der Waals surface area contributed by atoms with Crippen LogP contribution in [0.5, 0.6) is 5.75 Å². The molecule has 1 rings (SSSR count). The van der Waals surface area contributed by atoms with E-state index >= 15 is 0 Å². The molecular formula is C10H10F3NO5S. The molecule has 1 aromatic rings. The van der Waals surface area contributed by atoms with Gasteiger partial charge < -0.3 is 9.47 Å². The maximum Gasteiger partial charge on any atom is 0.516 e. The van der Waals surface area contributed by atoms with Crippen LogP contribution in [0, 0.1) is 0 Å². The second-order valence-electron chi connectivity index (χ2n) is 3.45. The first-order chi connectivity index (χ1) is 9.12. The average molecular weight is 313 g/mol. The average Bonchev–Trinajstić information content (AvgIpc) is 2.36. The predicted octanol–water partition coefficient (Wildman–Crippen LogP) is 1.74. The zero-order chi connectivity index (χ0) is 15.6. The van der Waals surface area contributed by atoms with Gasteiger partial charge in [0.1, 0.15) is 5.75 Å². The number of hydrogen-bond acceptors (Lipinski definition) is 5. The van der Waals surface area contributed by atoms with E-state index in [1.165, 1.54) is 17.9 Å². The van der Waals surface area contributed by atoms with E-state index < -0.39 is 32.8 Å². The van der Waals surface area contributed by atoms with Gasteiger partial charge in [0.05, 0.1) is 25.5 Å². The predicted molar refractivity (Wildman–Crippen MR) is 62.9 cm³/mol. The number of carbonyl (C=O) groups is 1. The van der Waals surface area contributed by atoms with Crippen LogP contribution in [0.1, 0.15) is 10.4 Å². The number of sulfonamides is 1. The molecule has 112 valence electrons. The summed E-state index contributed by atoms with van der Waals surface area (Å²) in [5.41, 5.74) is -6.46. The highest BCUT2D eigenvalue weighted by Gasteiger charge is 2.46. The van der Waals surface area contributed by atoms with Gasteiger partial charge in [0.2, 0.25) is 0 Å². The first-order valence-electron chi connectivity index (χ1n) is 4.98. The number of hydrogen-bond donors (Lipinski definition) is 1. The summed E-state index contributed by atoms with van der Waals surface area (Å²) >= 11 is 0. The highest BCUT2D eigenvalue weighted by Crippen LogP contribution is 2.29. The van der Waals surface area contributed by atoms with E-state index in [9.17, 15) is 26.4 Å². The molecule has 1 aromatic carbocycles. The zero-order valence-corrected chi connectivity index (χ0v) is 11.1. The molecular weight excluding hydrogens is 303 g/mol. The summed E-state index contributed by atoms with van der Waals surface area (Å²) in [5, 5.41) is 0. The maximum absolute atomic E-state index is 12.3. The molecule has 0 atom stereocenters. The summed E-state index contributed by atoms with van der Waals surface area (Å²) in [5.74, 6) is -0.857. The lowest BCUT2D eigenvalue weighted by Gasteiger charge is -2.14. The molecule has 0 aliphatic carbocycles. The van der Waals surface area contributed by atoms with Crippen LogP contribution in [0.15, 0.2) is 18.2 Å². The van der Waals surface area contributed by atoms with Gasteiger partial charge in [0.25, 0.3) is 0 Å². The minimum Gasteiger partial charge on any atom is -0.497 e. The van der Waals surface area contributed by atoms with Crippen LogP contribution in [0.3, 0.4) is 0 Å². The number of ether oxygens (including phenoxy) is 2. The Morgan fingerprint density at radius 2 is 1.85 bits per heavy atom. The lowest BCUT2D eigenvalue weighted by molar-refractivity contribution is -0.0429. The van der Waals surface area contributed by atoms with Crippen molar-refractivity contribution in [1.29, 1.82) is 0 Å². The Labute approximate surface area is 112 Å². The summed E-state index contributed by atoms with van der Waals surface area (Å²) in [6.07, 6.45) is 0. The van der Waals surface area contributed by atoms with Crippen molar-refractivity contribution in [3.05, 3.63) is 23.8 Å². The van der Waals surface area contributed by atoms with Gasteiger partial charge in [-0.25, -0.2) is 4.79 Å². The van der Waals surface area contributed by atoms with Crippen molar-refractivity contribution in [2.45, 2.75) is 5.51 Å². The monoisotopic (exact) mass is 313 g/mol. The topological polar surface area (TPSA) is 81.7 Å². The van der Waals surface area contributed by atoms with Crippen LogP contribution in [-0.2, 0) is 14.8 Å². The molecule has 0 unspecified atom stereocenters. The van der Waals surface area contributed by atoms with Crippen LogP contribution in [-0.4, -0.2) is 34.1 Å². The summed E-state index contributed by atoms with van der Waals surface area (Å²) < 4.78 is 69.3. The first kappa shape index (κ1) is 16.1. The van der Waals surface area contributed by atoms with Gasteiger partial charge in [0, 0.05) is 0 Å². The minimum atomic E-state index is -5.63. The number of halogens is 3. The number of rotatable bonds is 4. The summed E-state index contributed by atoms with van der Waals surface area (Å²) in [6.45, 7) is 0. The molecule has 0 aromatic heterocycles. The number of benzene rings is 1. The van der Waals surface area contributed by atoms with Crippen molar-refractivity contribution >= 4 is 21.7 Å². The van der Waals surface area contributed by atoms with Crippen LogP contribution < -0.4 is 9.46 Å². The number of anilines is 1. The minimum absolute atomic E-state index is 0.153. The number of esters is 1. The second-order valence-corrected chi connectivity index (χ2v) is 5.13. The molecule has 0 saturated heterocycles. The SMILES string of the molecule is COC(=O)c1cc(OC)ccc1NS(=O)(=O)C(F)(F)F. The largest absolute Gasteiger partial charge is 0.516 e. The Hall–Kier alpha value is -1.97. The molecule has 0 saturated carbocycles. The highest BCUT2D eigenvalue weighted by atomic mass is 32.2. The molecule has 0 spiro atoms. The molecule has 6 nitrogen and oxygen atoms in total. The van der Waals surface area contributed by atoms with Gasteiger partial charge in [0.15, 0.2) is 0 Å². The van der Waals surface area contributed by atoms with Crippen molar-refractivity contribution in [2.75, 3.05) is 18.9 Å². The third kappa shape index (κ3) is 3.32. The summed E-state index contributed by atoms with van der Waals surface area (Å²) in [7, 11) is -3.36. The normalized spacial score (nSPS) is 11.8. The van der Waals surface area contributed by atoms with E-state index in [1.807, 2.05) is 0 Å². The van der Waals surface area contributed by atoms with Gasteiger partial charge in [-0.3, -0.25) is 4.72 Å². The molecule has 20 heavy (non-hydrogen) atoms. The Bertz CT molecular complexity index is 612. The lowest BCUT2D eigenvalue weighted by Crippen LogP contribution is -2.30. The number of nitrogens with one attached hydrogen (secondary N) is 1. The highest BCUT2D eigenvalue weighted by molar-refractivity contribution is 7.93. The van der Waals surface area contributed by atoms with E-state index in [2.05, 4.69) is 4.74 Å². The lowest BCUT2D eigenvalue weighted by atomic mass is 10.2. The van der Waals surface area contributed by atoms with Crippen molar-refractivity contribution < 1.29 is 35.9 Å². The zero-order valence-electron chi connectivity index (χ0n) is 10.3. The number of carbonyl (C=O) groups excluding carboxylic acids is 1. The van der Waals surface area contributed by atoms with Crippen LogP contribution in [0.2, 0.25) is 0 Å². The molecule has 1 N–H and O–H groups in total. The molecule has 0 heterocycles. The van der Waals surface area contributed by atoms with Crippen molar-refractivity contribution in [1.82, 2.24) is 0 Å². The third-order valence-electron chi connectivity index (χ3n) is 2.18. The molecule has 0 radical (unpaired) electrons. The van der Waals surface area contributed by atoms with Gasteiger partial charge in [-0.1, -0.05) is 0 Å². The fraction of sp³-hybridized carbons (Fsp3) is 0.300. The fourth-order valence-corrected chi connectivity index (χ4v) is 1.80. The van der Waals surface area contributed by atoms with Crippen LogP contribution in [0.4, 0.5) is 18.9 Å². The molecule has 0 fully saturated rings. The molecule has 0 aliphatic heterocycles. The Morgan fingerprint density at radius 3 is 2.30 bits per heavy atom. The van der Waals surface area contributed by atoms with E-state index in [0.29, 0.717) is 0 Å². The third-order valence-corrected chi connectivity index (χ3v) is 3.28. The van der Waals surface area contributed by atoms with Crippen LogP contribution >= 0.6 is 0 Å². The first-order valence-corrected chi connectivity index (χ1v) is 6.46. The Kier molecular flexibility index (Phi) is 4.48. The van der Waals surface area contributed by atoms with E-state index in [-0.39, 0.29) is 5.75 Å². The molecule has 0 amide bonds.